The molecule has 156 valence electrons. The highest BCUT2D eigenvalue weighted by Crippen LogP contribution is 2.26. The second-order valence-electron chi connectivity index (χ2n) is 7.10. The maximum Gasteiger partial charge on any atom is 0.264 e. The Balaban J connectivity index is 1.76. The Kier molecular flexibility index (Phi) is 6.48. The summed E-state index contributed by atoms with van der Waals surface area (Å²) in [4.78, 5) is 12.7. The highest BCUT2D eigenvalue weighted by Gasteiger charge is 2.22. The third kappa shape index (κ3) is 4.83. The first-order valence-corrected chi connectivity index (χ1v) is 11.2. The molecule has 5 nitrogen and oxygen atoms in total. The molecule has 30 heavy (non-hydrogen) atoms. The molecule has 0 saturated heterocycles. The van der Waals surface area contributed by atoms with Crippen molar-refractivity contribution in [3.05, 3.63) is 94.0 Å². The largest absolute Gasteiger partial charge is 0.348 e. The number of hydrogen-bond acceptors (Lipinski definition) is 3. The van der Waals surface area contributed by atoms with Crippen molar-refractivity contribution in [3.63, 3.8) is 0 Å². The van der Waals surface area contributed by atoms with E-state index >= 15 is 0 Å². The minimum atomic E-state index is -3.69. The van der Waals surface area contributed by atoms with Crippen LogP contribution >= 0.6 is 11.6 Å². The topological polar surface area (TPSA) is 66.5 Å². The lowest BCUT2D eigenvalue weighted by atomic mass is 10.1. The SMILES string of the molecule is Cc1ccc(S(=O)(=O)N(C)c2ccc(C(=O)NCc3ccc(Cl)cc3)cc2C)cc1. The fraction of sp³-hybridized carbons (Fsp3) is 0.174. The van der Waals surface area contributed by atoms with Gasteiger partial charge in [0.2, 0.25) is 0 Å². The Morgan fingerprint density at radius 2 is 1.60 bits per heavy atom. The summed E-state index contributed by atoms with van der Waals surface area (Å²) in [5.74, 6) is -0.233. The van der Waals surface area contributed by atoms with Gasteiger partial charge in [0, 0.05) is 24.2 Å². The van der Waals surface area contributed by atoms with E-state index in [1.807, 2.05) is 19.1 Å². The van der Waals surface area contributed by atoms with Crippen LogP contribution in [0.5, 0.6) is 0 Å². The molecule has 3 aromatic rings. The van der Waals surface area contributed by atoms with Gasteiger partial charge in [0.15, 0.2) is 0 Å². The van der Waals surface area contributed by atoms with Gasteiger partial charge in [0.05, 0.1) is 10.6 Å². The molecule has 0 bridgehead atoms. The van der Waals surface area contributed by atoms with E-state index in [0.29, 0.717) is 28.4 Å². The number of carbonyl (C=O) groups excluding carboxylic acids is 1. The number of anilines is 1. The van der Waals surface area contributed by atoms with E-state index in [0.717, 1.165) is 11.1 Å². The molecule has 3 rings (SSSR count). The van der Waals surface area contributed by atoms with Gasteiger partial charge >= 0.3 is 0 Å². The zero-order valence-electron chi connectivity index (χ0n) is 17.0. The van der Waals surface area contributed by atoms with Crippen molar-refractivity contribution in [2.75, 3.05) is 11.4 Å². The monoisotopic (exact) mass is 442 g/mol. The molecule has 0 aliphatic rings. The zero-order valence-corrected chi connectivity index (χ0v) is 18.6. The summed E-state index contributed by atoms with van der Waals surface area (Å²) in [6, 6.07) is 18.9. The van der Waals surface area contributed by atoms with E-state index in [2.05, 4.69) is 5.32 Å². The maximum absolute atomic E-state index is 12.9. The van der Waals surface area contributed by atoms with E-state index in [9.17, 15) is 13.2 Å². The molecular weight excluding hydrogens is 420 g/mol. The van der Waals surface area contributed by atoms with Crippen molar-refractivity contribution in [2.45, 2.75) is 25.3 Å². The third-order valence-corrected chi connectivity index (χ3v) is 6.88. The summed E-state index contributed by atoms with van der Waals surface area (Å²) < 4.78 is 27.1. The van der Waals surface area contributed by atoms with Crippen molar-refractivity contribution in [1.82, 2.24) is 5.32 Å². The molecule has 0 aliphatic carbocycles. The van der Waals surface area contributed by atoms with Crippen molar-refractivity contribution in [2.24, 2.45) is 0 Å². The Morgan fingerprint density at radius 1 is 0.967 bits per heavy atom. The first kappa shape index (κ1) is 21.9. The second kappa shape index (κ2) is 8.90. The Hall–Kier alpha value is -2.83. The van der Waals surface area contributed by atoms with Crippen LogP contribution in [0.3, 0.4) is 0 Å². The highest BCUT2D eigenvalue weighted by molar-refractivity contribution is 7.92. The lowest BCUT2D eigenvalue weighted by molar-refractivity contribution is 0.0951. The number of nitrogens with zero attached hydrogens (tertiary/aromatic N) is 1. The quantitative estimate of drug-likeness (QED) is 0.601. The lowest BCUT2D eigenvalue weighted by Gasteiger charge is -2.22. The van der Waals surface area contributed by atoms with Crippen LogP contribution in [0.2, 0.25) is 5.02 Å². The van der Waals surface area contributed by atoms with Crippen LogP contribution in [0.1, 0.15) is 27.0 Å². The number of benzene rings is 3. The van der Waals surface area contributed by atoms with Crippen molar-refractivity contribution < 1.29 is 13.2 Å². The summed E-state index contributed by atoms with van der Waals surface area (Å²) in [5.41, 5.74) is 3.59. The van der Waals surface area contributed by atoms with Crippen LogP contribution in [0.25, 0.3) is 0 Å². The van der Waals surface area contributed by atoms with Crippen LogP contribution in [-0.2, 0) is 16.6 Å². The van der Waals surface area contributed by atoms with E-state index in [1.54, 1.807) is 61.5 Å². The Morgan fingerprint density at radius 3 is 2.20 bits per heavy atom. The van der Waals surface area contributed by atoms with Gasteiger partial charge in [0.1, 0.15) is 0 Å². The molecule has 0 aliphatic heterocycles. The predicted octanol–water partition coefficient (Wildman–Crippen LogP) is 4.71. The summed E-state index contributed by atoms with van der Waals surface area (Å²) >= 11 is 5.87. The standard InChI is InChI=1S/C23H23ClN2O3S/c1-16-4-11-21(12-5-16)30(28,29)26(3)22-13-8-19(14-17(22)2)23(27)25-15-18-6-9-20(24)10-7-18/h4-14H,15H2,1-3H3,(H,25,27). The maximum atomic E-state index is 12.9. The molecule has 0 saturated carbocycles. The van der Waals surface area contributed by atoms with Gasteiger partial charge in [0.25, 0.3) is 15.9 Å². The van der Waals surface area contributed by atoms with Gasteiger partial charge in [-0.15, -0.1) is 0 Å². The summed E-state index contributed by atoms with van der Waals surface area (Å²) in [6.45, 7) is 4.06. The van der Waals surface area contributed by atoms with Gasteiger partial charge in [-0.05, 0) is 67.4 Å². The minimum absolute atomic E-state index is 0.222. The van der Waals surface area contributed by atoms with Crippen LogP contribution in [0.15, 0.2) is 71.6 Å². The molecule has 0 heterocycles. The van der Waals surface area contributed by atoms with Crippen molar-refractivity contribution in [3.8, 4) is 0 Å². The number of hydrogen-bond donors (Lipinski definition) is 1. The molecule has 3 aromatic carbocycles. The normalized spacial score (nSPS) is 11.2. The number of rotatable bonds is 6. The van der Waals surface area contributed by atoms with E-state index in [4.69, 9.17) is 11.6 Å². The third-order valence-electron chi connectivity index (χ3n) is 4.84. The van der Waals surface area contributed by atoms with E-state index in [-0.39, 0.29) is 10.8 Å². The molecule has 0 aromatic heterocycles. The van der Waals surface area contributed by atoms with Gasteiger partial charge in [-0.1, -0.05) is 41.4 Å². The Bertz CT molecular complexity index is 1160. The van der Waals surface area contributed by atoms with Gasteiger partial charge in [-0.25, -0.2) is 8.42 Å². The zero-order chi connectivity index (χ0) is 21.9. The van der Waals surface area contributed by atoms with E-state index < -0.39 is 10.0 Å². The fourth-order valence-corrected chi connectivity index (χ4v) is 4.42. The molecule has 1 amide bonds. The molecule has 0 spiro atoms. The Labute approximate surface area is 182 Å². The average molecular weight is 443 g/mol. The number of sulfonamides is 1. The van der Waals surface area contributed by atoms with Crippen LogP contribution < -0.4 is 9.62 Å². The van der Waals surface area contributed by atoms with Gasteiger partial charge in [-0.3, -0.25) is 9.10 Å². The van der Waals surface area contributed by atoms with Crippen molar-refractivity contribution >= 4 is 33.2 Å². The molecular formula is C23H23ClN2O3S. The molecule has 0 radical (unpaired) electrons. The van der Waals surface area contributed by atoms with Crippen LogP contribution in [0.4, 0.5) is 5.69 Å². The summed E-state index contributed by atoms with van der Waals surface area (Å²) in [5, 5.41) is 3.50. The minimum Gasteiger partial charge on any atom is -0.348 e. The van der Waals surface area contributed by atoms with Gasteiger partial charge < -0.3 is 5.32 Å². The molecule has 0 unspecified atom stereocenters. The molecule has 0 atom stereocenters. The number of nitrogens with one attached hydrogen (secondary N) is 1. The smallest absolute Gasteiger partial charge is 0.264 e. The molecule has 1 N–H and O–H groups in total. The number of amides is 1. The van der Waals surface area contributed by atoms with Crippen LogP contribution in [0, 0.1) is 13.8 Å². The van der Waals surface area contributed by atoms with E-state index in [1.165, 1.54) is 11.4 Å². The summed E-state index contributed by atoms with van der Waals surface area (Å²) in [7, 11) is -2.18. The number of halogens is 1. The van der Waals surface area contributed by atoms with Gasteiger partial charge in [-0.2, -0.15) is 0 Å². The molecule has 7 heteroatoms. The highest BCUT2D eigenvalue weighted by atomic mass is 35.5. The van der Waals surface area contributed by atoms with Crippen LogP contribution in [-0.4, -0.2) is 21.4 Å². The second-order valence-corrected chi connectivity index (χ2v) is 9.50. The average Bonchev–Trinajstić information content (AvgIpc) is 2.73. The number of aryl methyl sites for hydroxylation is 2. The summed E-state index contributed by atoms with van der Waals surface area (Å²) in [6.07, 6.45) is 0. The first-order chi connectivity index (χ1) is 14.2. The molecule has 0 fully saturated rings. The number of carbonyl (C=O) groups is 1. The fourth-order valence-electron chi connectivity index (χ4n) is 3.03. The predicted molar refractivity (Wildman–Crippen MR) is 121 cm³/mol. The van der Waals surface area contributed by atoms with Crippen molar-refractivity contribution in [1.29, 1.82) is 0 Å². The first-order valence-electron chi connectivity index (χ1n) is 9.37. The lowest BCUT2D eigenvalue weighted by Crippen LogP contribution is -2.27.